The zero-order valence-electron chi connectivity index (χ0n) is 21.0. The van der Waals surface area contributed by atoms with Crippen molar-refractivity contribution >= 4 is 52.2 Å². The Hall–Kier alpha value is -3.03. The number of aromatic nitrogens is 4. The van der Waals surface area contributed by atoms with Gasteiger partial charge in [0.1, 0.15) is 6.10 Å². The van der Waals surface area contributed by atoms with Crippen molar-refractivity contribution in [1.29, 1.82) is 0 Å². The third-order valence-electron chi connectivity index (χ3n) is 5.52. The smallest absolute Gasteiger partial charge is 0.453 e. The summed E-state index contributed by atoms with van der Waals surface area (Å²) in [6.07, 6.45) is -6.05. The number of nitrogen functional groups attached to an aromatic ring is 1. The molecule has 24 heteroatoms. The Morgan fingerprint density at radius 1 is 1.14 bits per heavy atom. The maximum atomic E-state index is 13.1. The highest BCUT2D eigenvalue weighted by Crippen LogP contribution is 2.67. The van der Waals surface area contributed by atoms with E-state index in [9.17, 15) is 38.2 Å². The van der Waals surface area contributed by atoms with Crippen LogP contribution in [0, 0.1) is 0 Å². The van der Waals surface area contributed by atoms with Gasteiger partial charge in [0, 0.05) is 12.7 Å². The third kappa shape index (κ3) is 7.12. The number of hydrogen-bond acceptors (Lipinski definition) is 15. The number of aromatic amines is 1. The van der Waals surface area contributed by atoms with Crippen LogP contribution in [0.15, 0.2) is 35.4 Å². The standard InChI is InChI=1S/C18H23N6O15P3/c1-20-9-5-3-2-4-8(9)17(27)36-12-10(6-25)35-16(24-7-21-11-14(24)22-18(19)23-15(11)26)13(12)37-41(31,32)39-42(33,34)38-40(28,29)30/h2-5,7,10,12-13,16,20,25H,6H2,1H3,(H,31,32)(H,33,34)(H2,28,29,30)(H3,19,22,23,26)/t10-,12-,13-,16-/m1/s1. The molecule has 1 aliphatic rings. The molecule has 0 spiro atoms. The Morgan fingerprint density at radius 3 is 2.48 bits per heavy atom. The normalized spacial score (nSPS) is 23.8. The number of phosphoric ester groups is 1. The number of nitrogens with two attached hydrogens (primary N) is 1. The molecule has 2 aromatic heterocycles. The Bertz CT molecular complexity index is 1690. The molecule has 21 nitrogen and oxygen atoms in total. The molecule has 42 heavy (non-hydrogen) atoms. The topological polar surface area (TPSA) is 317 Å². The minimum absolute atomic E-state index is 0.0220. The van der Waals surface area contributed by atoms with Gasteiger partial charge in [-0.2, -0.15) is 13.6 Å². The summed E-state index contributed by atoms with van der Waals surface area (Å²) in [6.45, 7) is -0.888. The molecule has 4 rings (SSSR count). The number of carbonyl (C=O) groups is 1. The van der Waals surface area contributed by atoms with Crippen LogP contribution in [0.3, 0.4) is 0 Å². The molecule has 3 aromatic rings. The average Bonchev–Trinajstić information content (AvgIpc) is 3.42. The van der Waals surface area contributed by atoms with Gasteiger partial charge < -0.3 is 45.2 Å². The summed E-state index contributed by atoms with van der Waals surface area (Å²) in [6, 6.07) is 6.01. The molecule has 1 aliphatic heterocycles. The van der Waals surface area contributed by atoms with Crippen molar-refractivity contribution in [2.75, 3.05) is 24.7 Å². The van der Waals surface area contributed by atoms with Crippen LogP contribution < -0.4 is 16.6 Å². The minimum Gasteiger partial charge on any atom is -0.453 e. The molecule has 2 unspecified atom stereocenters. The Morgan fingerprint density at radius 2 is 1.83 bits per heavy atom. The van der Waals surface area contributed by atoms with Crippen LogP contribution in [-0.2, 0) is 36.3 Å². The van der Waals surface area contributed by atoms with Gasteiger partial charge >= 0.3 is 29.4 Å². The minimum atomic E-state index is -5.95. The number of imidazole rings is 1. The van der Waals surface area contributed by atoms with Gasteiger partial charge in [-0.05, 0) is 12.1 Å². The number of aliphatic hydroxyl groups is 1. The number of hydrogen-bond donors (Lipinski definition) is 8. The first-order valence-corrected chi connectivity index (χ1v) is 15.8. The number of ether oxygens (including phenoxy) is 2. The lowest BCUT2D eigenvalue weighted by Crippen LogP contribution is -2.39. The van der Waals surface area contributed by atoms with Crippen molar-refractivity contribution in [3.63, 3.8) is 0 Å². The van der Waals surface area contributed by atoms with Crippen molar-refractivity contribution in [2.45, 2.75) is 24.5 Å². The van der Waals surface area contributed by atoms with E-state index in [2.05, 4.69) is 28.9 Å². The lowest BCUT2D eigenvalue weighted by molar-refractivity contribution is -0.0526. The summed E-state index contributed by atoms with van der Waals surface area (Å²) >= 11 is 0. The number of esters is 1. The van der Waals surface area contributed by atoms with Gasteiger partial charge in [0.15, 0.2) is 29.6 Å². The van der Waals surface area contributed by atoms with Crippen LogP contribution in [0.25, 0.3) is 11.2 Å². The van der Waals surface area contributed by atoms with E-state index in [0.717, 1.165) is 10.9 Å². The second-order valence-corrected chi connectivity index (χ2v) is 12.7. The van der Waals surface area contributed by atoms with E-state index in [-0.39, 0.29) is 22.7 Å². The number of aliphatic hydroxyl groups excluding tert-OH is 1. The highest BCUT2D eigenvalue weighted by Gasteiger charge is 2.54. The number of carbonyl (C=O) groups excluding carboxylic acids is 1. The summed E-state index contributed by atoms with van der Waals surface area (Å²) in [4.78, 5) is 72.9. The fraction of sp³-hybridized carbons (Fsp3) is 0.333. The second-order valence-electron chi connectivity index (χ2n) is 8.35. The van der Waals surface area contributed by atoms with Crippen molar-refractivity contribution in [1.82, 2.24) is 19.5 Å². The van der Waals surface area contributed by atoms with Gasteiger partial charge in [-0.3, -0.25) is 18.9 Å². The first-order valence-electron chi connectivity index (χ1n) is 11.3. The highest BCUT2D eigenvalue weighted by atomic mass is 31.3. The van der Waals surface area contributed by atoms with Gasteiger partial charge in [0.25, 0.3) is 5.56 Å². The maximum Gasteiger partial charge on any atom is 0.490 e. The lowest BCUT2D eigenvalue weighted by atomic mass is 10.1. The van der Waals surface area contributed by atoms with Gasteiger partial charge in [-0.25, -0.2) is 23.5 Å². The Kier molecular flexibility index (Phi) is 9.06. The SMILES string of the molecule is CNc1ccccc1C(=O)O[C@H]1[C@@H](OP(=O)(O)OP(=O)(O)OP(=O)(O)O)[C@H](n2cnc3c(=O)[nH]c(N)nc32)O[C@@H]1CO. The van der Waals surface area contributed by atoms with Crippen molar-refractivity contribution in [2.24, 2.45) is 0 Å². The van der Waals surface area contributed by atoms with Crippen LogP contribution >= 0.6 is 23.5 Å². The molecule has 0 aliphatic carbocycles. The molecule has 0 saturated carbocycles. The Balaban J connectivity index is 1.77. The number of nitrogens with one attached hydrogen (secondary N) is 2. The summed E-state index contributed by atoms with van der Waals surface area (Å²) in [5, 5.41) is 12.8. The van der Waals surface area contributed by atoms with E-state index < -0.39 is 66.1 Å². The first-order chi connectivity index (χ1) is 19.5. The predicted molar refractivity (Wildman–Crippen MR) is 137 cm³/mol. The molecular weight excluding hydrogens is 633 g/mol. The van der Waals surface area contributed by atoms with Crippen molar-refractivity contribution in [3.8, 4) is 0 Å². The quantitative estimate of drug-likeness (QED) is 0.0958. The summed E-state index contributed by atoms with van der Waals surface area (Å²) in [5.41, 5.74) is 4.57. The van der Waals surface area contributed by atoms with Crippen LogP contribution in [-0.4, -0.2) is 82.1 Å². The number of phosphoric acid groups is 3. The number of benzene rings is 1. The first kappa shape index (κ1) is 31.9. The summed E-state index contributed by atoms with van der Waals surface area (Å²) in [7, 11) is -16.0. The predicted octanol–water partition coefficient (Wildman–Crippen LogP) is -0.429. The fourth-order valence-corrected chi connectivity index (χ4v) is 7.17. The molecule has 230 valence electrons. The molecule has 0 bridgehead atoms. The van der Waals surface area contributed by atoms with E-state index in [1.54, 1.807) is 6.07 Å². The average molecular weight is 656 g/mol. The fourth-order valence-electron chi connectivity index (χ4n) is 3.98. The molecule has 3 heterocycles. The lowest BCUT2D eigenvalue weighted by Gasteiger charge is -2.26. The van der Waals surface area contributed by atoms with Crippen LogP contribution in [0.1, 0.15) is 16.6 Å². The van der Waals surface area contributed by atoms with Gasteiger partial charge in [-0.1, -0.05) is 12.1 Å². The van der Waals surface area contributed by atoms with E-state index >= 15 is 0 Å². The second kappa shape index (κ2) is 11.9. The molecule has 1 aromatic carbocycles. The number of anilines is 2. The van der Waals surface area contributed by atoms with Gasteiger partial charge in [-0.15, -0.1) is 0 Å². The molecule has 6 atom stereocenters. The Labute approximate surface area is 233 Å². The van der Waals surface area contributed by atoms with Crippen molar-refractivity contribution < 1.29 is 65.8 Å². The number of H-pyrrole nitrogens is 1. The monoisotopic (exact) mass is 656 g/mol. The zero-order chi connectivity index (χ0) is 31.0. The van der Waals surface area contributed by atoms with Crippen LogP contribution in [0.2, 0.25) is 0 Å². The molecule has 9 N–H and O–H groups in total. The van der Waals surface area contributed by atoms with E-state index in [4.69, 9.17) is 29.5 Å². The molecule has 0 radical (unpaired) electrons. The van der Waals surface area contributed by atoms with E-state index in [0.29, 0.717) is 5.69 Å². The van der Waals surface area contributed by atoms with E-state index in [1.807, 2.05) is 0 Å². The number of nitrogens with zero attached hydrogens (tertiary/aromatic N) is 3. The highest BCUT2D eigenvalue weighted by molar-refractivity contribution is 7.66. The summed E-state index contributed by atoms with van der Waals surface area (Å²) in [5.74, 6) is -1.41. The maximum absolute atomic E-state index is 13.1. The van der Waals surface area contributed by atoms with Gasteiger partial charge in [0.2, 0.25) is 5.95 Å². The van der Waals surface area contributed by atoms with E-state index in [1.165, 1.54) is 25.2 Å². The number of rotatable bonds is 11. The van der Waals surface area contributed by atoms with Crippen LogP contribution in [0.4, 0.5) is 11.6 Å². The summed E-state index contributed by atoms with van der Waals surface area (Å²) < 4.78 is 60.5. The van der Waals surface area contributed by atoms with Crippen molar-refractivity contribution in [3.05, 3.63) is 46.5 Å². The van der Waals surface area contributed by atoms with Gasteiger partial charge in [0.05, 0.1) is 18.5 Å². The molecule has 1 saturated heterocycles. The molecule has 1 fully saturated rings. The van der Waals surface area contributed by atoms with Crippen LogP contribution in [0.5, 0.6) is 0 Å². The molecule has 0 amide bonds. The number of fused-ring (bicyclic) bond motifs is 1. The molecular formula is C18H23N6O15P3. The number of para-hydroxylation sites is 1. The largest absolute Gasteiger partial charge is 0.490 e. The zero-order valence-corrected chi connectivity index (χ0v) is 23.7. The third-order valence-corrected chi connectivity index (χ3v) is 9.36.